The Bertz CT molecular complexity index is 747. The highest BCUT2D eigenvalue weighted by molar-refractivity contribution is 7.13. The van der Waals surface area contributed by atoms with E-state index in [0.717, 1.165) is 17.2 Å². The van der Waals surface area contributed by atoms with Gasteiger partial charge in [0.2, 0.25) is 0 Å². The zero-order valence-electron chi connectivity index (χ0n) is 14.6. The van der Waals surface area contributed by atoms with Crippen molar-refractivity contribution >= 4 is 17.2 Å². The van der Waals surface area contributed by atoms with Crippen molar-refractivity contribution in [2.75, 3.05) is 13.1 Å². The number of rotatable bonds is 4. The maximum atomic E-state index is 12.9. The largest absolute Gasteiger partial charge is 0.486 e. The van der Waals surface area contributed by atoms with Gasteiger partial charge in [0.15, 0.2) is 0 Å². The van der Waals surface area contributed by atoms with Crippen LogP contribution in [0.15, 0.2) is 24.3 Å². The zero-order chi connectivity index (χ0) is 18.0. The van der Waals surface area contributed by atoms with Crippen LogP contribution in [0.1, 0.15) is 34.2 Å². The molecule has 1 aromatic heterocycles. The van der Waals surface area contributed by atoms with Gasteiger partial charge in [-0.05, 0) is 45.0 Å². The smallest absolute Gasteiger partial charge is 0.266 e. The molecule has 25 heavy (non-hydrogen) atoms. The van der Waals surface area contributed by atoms with Gasteiger partial charge in [0, 0.05) is 25.2 Å². The second-order valence-electron chi connectivity index (χ2n) is 6.25. The van der Waals surface area contributed by atoms with E-state index in [2.05, 4.69) is 24.1 Å². The molecule has 0 saturated carbocycles. The molecule has 0 spiro atoms. The summed E-state index contributed by atoms with van der Waals surface area (Å²) < 4.78 is 18.5. The van der Waals surface area contributed by atoms with Gasteiger partial charge in [-0.1, -0.05) is 0 Å². The van der Waals surface area contributed by atoms with Crippen LogP contribution < -0.4 is 10.1 Å². The first-order chi connectivity index (χ1) is 12.0. The number of thiazole rings is 1. The van der Waals surface area contributed by atoms with Crippen LogP contribution in [0, 0.1) is 12.7 Å². The number of halogens is 1. The summed E-state index contributed by atoms with van der Waals surface area (Å²) in [6.07, 6.45) is 0. The monoisotopic (exact) mass is 363 g/mol. The van der Waals surface area contributed by atoms with Gasteiger partial charge in [-0.2, -0.15) is 0 Å². The van der Waals surface area contributed by atoms with E-state index in [1.165, 1.54) is 23.5 Å². The van der Waals surface area contributed by atoms with E-state index in [1.807, 2.05) is 11.8 Å². The SMILES string of the molecule is Cc1nc(COc2ccc(F)cc2)sc1C(=O)N1CCNC(C)C1C. The third-order valence-corrected chi connectivity index (χ3v) is 5.63. The highest BCUT2D eigenvalue weighted by Crippen LogP contribution is 2.24. The average Bonchev–Trinajstić information content (AvgIpc) is 2.97. The first-order valence-corrected chi connectivity index (χ1v) is 9.16. The Morgan fingerprint density at radius 1 is 1.40 bits per heavy atom. The number of hydrogen-bond donors (Lipinski definition) is 1. The number of nitrogens with zero attached hydrogens (tertiary/aromatic N) is 2. The van der Waals surface area contributed by atoms with Gasteiger partial charge in [0.25, 0.3) is 5.91 Å². The van der Waals surface area contributed by atoms with Crippen LogP contribution in [0.4, 0.5) is 4.39 Å². The molecule has 5 nitrogen and oxygen atoms in total. The number of piperazine rings is 1. The zero-order valence-corrected chi connectivity index (χ0v) is 15.4. The van der Waals surface area contributed by atoms with E-state index in [0.29, 0.717) is 17.2 Å². The van der Waals surface area contributed by atoms with Gasteiger partial charge in [-0.15, -0.1) is 11.3 Å². The fourth-order valence-corrected chi connectivity index (χ4v) is 3.80. The van der Waals surface area contributed by atoms with Crippen molar-refractivity contribution in [3.8, 4) is 5.75 Å². The molecule has 0 radical (unpaired) electrons. The summed E-state index contributed by atoms with van der Waals surface area (Å²) >= 11 is 1.37. The second-order valence-corrected chi connectivity index (χ2v) is 7.33. The third-order valence-electron chi connectivity index (χ3n) is 4.51. The van der Waals surface area contributed by atoms with Crippen molar-refractivity contribution in [3.63, 3.8) is 0 Å². The first-order valence-electron chi connectivity index (χ1n) is 8.34. The molecule has 0 aliphatic carbocycles. The van der Waals surface area contributed by atoms with Crippen LogP contribution >= 0.6 is 11.3 Å². The van der Waals surface area contributed by atoms with Gasteiger partial charge in [-0.3, -0.25) is 4.79 Å². The summed E-state index contributed by atoms with van der Waals surface area (Å²) in [7, 11) is 0. The Labute approximate surface area is 150 Å². The van der Waals surface area contributed by atoms with E-state index in [4.69, 9.17) is 4.74 Å². The predicted octanol–water partition coefficient (Wildman–Crippen LogP) is 2.99. The Balaban J connectivity index is 1.69. The number of aryl methyl sites for hydroxylation is 1. The fourth-order valence-electron chi connectivity index (χ4n) is 2.86. The Morgan fingerprint density at radius 2 is 2.12 bits per heavy atom. The standard InChI is InChI=1S/C18H22FN3O2S/c1-11-13(3)22(9-8-20-11)18(23)17-12(2)21-16(25-17)10-24-15-6-4-14(19)5-7-15/h4-7,11,13,20H,8-10H2,1-3H3. The van der Waals surface area contributed by atoms with E-state index < -0.39 is 0 Å². The van der Waals surface area contributed by atoms with Crippen LogP contribution in [0.25, 0.3) is 0 Å². The van der Waals surface area contributed by atoms with Crippen molar-refractivity contribution in [2.45, 2.75) is 39.5 Å². The third kappa shape index (κ3) is 3.99. The number of carbonyl (C=O) groups excluding carboxylic acids is 1. The molecule has 1 N–H and O–H groups in total. The molecule has 134 valence electrons. The number of hydrogen-bond acceptors (Lipinski definition) is 5. The van der Waals surface area contributed by atoms with Gasteiger partial charge < -0.3 is 15.0 Å². The number of carbonyl (C=O) groups is 1. The van der Waals surface area contributed by atoms with E-state index in [9.17, 15) is 9.18 Å². The van der Waals surface area contributed by atoms with Gasteiger partial charge in [-0.25, -0.2) is 9.37 Å². The minimum atomic E-state index is -0.301. The summed E-state index contributed by atoms with van der Waals surface area (Å²) in [5.74, 6) is 0.306. The summed E-state index contributed by atoms with van der Waals surface area (Å²) in [6.45, 7) is 7.76. The second kappa shape index (κ2) is 7.49. The first kappa shape index (κ1) is 17.8. The molecular weight excluding hydrogens is 341 g/mol. The van der Waals surface area contributed by atoms with Crippen LogP contribution in [0.3, 0.4) is 0 Å². The fraction of sp³-hybridized carbons (Fsp3) is 0.444. The maximum Gasteiger partial charge on any atom is 0.266 e. The molecule has 1 aliphatic rings. The number of nitrogens with one attached hydrogen (secondary N) is 1. The summed E-state index contributed by atoms with van der Waals surface area (Å²) in [5.41, 5.74) is 0.728. The molecule has 1 fully saturated rings. The highest BCUT2D eigenvalue weighted by atomic mass is 32.1. The number of ether oxygens (including phenoxy) is 1. The van der Waals surface area contributed by atoms with Crippen molar-refractivity contribution < 1.29 is 13.9 Å². The lowest BCUT2D eigenvalue weighted by molar-refractivity contribution is 0.0607. The Hall–Kier alpha value is -1.99. The molecule has 2 aromatic rings. The van der Waals surface area contributed by atoms with Crippen molar-refractivity contribution in [2.24, 2.45) is 0 Å². The number of benzene rings is 1. The molecule has 2 heterocycles. The van der Waals surface area contributed by atoms with Crippen LogP contribution in [-0.2, 0) is 6.61 Å². The maximum absolute atomic E-state index is 12.9. The average molecular weight is 363 g/mol. The van der Waals surface area contributed by atoms with Crippen molar-refractivity contribution in [3.05, 3.63) is 45.7 Å². The molecule has 0 bridgehead atoms. The molecule has 1 amide bonds. The molecule has 1 aliphatic heterocycles. The molecule has 7 heteroatoms. The highest BCUT2D eigenvalue weighted by Gasteiger charge is 2.30. The van der Waals surface area contributed by atoms with Crippen LogP contribution in [-0.4, -0.2) is 41.0 Å². The number of amides is 1. The molecule has 3 rings (SSSR count). The minimum absolute atomic E-state index is 0.0314. The van der Waals surface area contributed by atoms with Crippen LogP contribution in [0.2, 0.25) is 0 Å². The lowest BCUT2D eigenvalue weighted by atomic mass is 10.1. The summed E-state index contributed by atoms with van der Waals surface area (Å²) in [6, 6.07) is 6.26. The molecule has 1 saturated heterocycles. The predicted molar refractivity (Wildman–Crippen MR) is 95.5 cm³/mol. The molecule has 2 unspecified atom stereocenters. The van der Waals surface area contributed by atoms with Gasteiger partial charge >= 0.3 is 0 Å². The topological polar surface area (TPSA) is 54.5 Å². The molecule has 2 atom stereocenters. The Kier molecular flexibility index (Phi) is 5.34. The summed E-state index contributed by atoms with van der Waals surface area (Å²) in [4.78, 5) is 19.9. The summed E-state index contributed by atoms with van der Waals surface area (Å²) in [5, 5.41) is 4.11. The quantitative estimate of drug-likeness (QED) is 0.907. The number of aromatic nitrogens is 1. The minimum Gasteiger partial charge on any atom is -0.486 e. The van der Waals surface area contributed by atoms with Crippen molar-refractivity contribution in [1.82, 2.24) is 15.2 Å². The van der Waals surface area contributed by atoms with Gasteiger partial charge in [0.05, 0.1) is 5.69 Å². The lowest BCUT2D eigenvalue weighted by Gasteiger charge is -2.38. The van der Waals surface area contributed by atoms with Crippen molar-refractivity contribution in [1.29, 1.82) is 0 Å². The molecule has 1 aromatic carbocycles. The van der Waals surface area contributed by atoms with E-state index in [1.54, 1.807) is 12.1 Å². The normalized spacial score (nSPS) is 20.6. The molecular formula is C18H22FN3O2S. The lowest BCUT2D eigenvalue weighted by Crippen LogP contribution is -2.57. The van der Waals surface area contributed by atoms with Crippen LogP contribution in [0.5, 0.6) is 5.75 Å². The van der Waals surface area contributed by atoms with Gasteiger partial charge in [0.1, 0.15) is 28.1 Å². The Morgan fingerprint density at radius 3 is 2.84 bits per heavy atom. The van der Waals surface area contributed by atoms with E-state index >= 15 is 0 Å². The van der Waals surface area contributed by atoms with E-state index in [-0.39, 0.29) is 30.4 Å².